The molecule has 154 valence electrons. The van der Waals surface area contributed by atoms with E-state index >= 15 is 0 Å². The Morgan fingerprint density at radius 1 is 1.13 bits per heavy atom. The summed E-state index contributed by atoms with van der Waals surface area (Å²) < 4.78 is 7.05. The van der Waals surface area contributed by atoms with E-state index in [1.807, 2.05) is 32.0 Å². The quantitative estimate of drug-likeness (QED) is 0.530. The minimum absolute atomic E-state index is 0.313. The van der Waals surface area contributed by atoms with Crippen molar-refractivity contribution in [1.82, 2.24) is 19.6 Å². The molecule has 2 heterocycles. The minimum atomic E-state index is -0.318. The molecule has 4 N–H and O–H groups in total. The summed E-state index contributed by atoms with van der Waals surface area (Å²) in [5.41, 5.74) is 16.0. The van der Waals surface area contributed by atoms with Gasteiger partial charge in [-0.3, -0.25) is 0 Å². The molecule has 2 aromatic heterocycles. The maximum atomic E-state index is 6.19. The summed E-state index contributed by atoms with van der Waals surface area (Å²) in [6, 6.07) is 14.4. The summed E-state index contributed by atoms with van der Waals surface area (Å²) in [6.45, 7) is 4.05. The Hall–Kier alpha value is -3.19. The zero-order valence-corrected chi connectivity index (χ0v) is 17.5. The van der Waals surface area contributed by atoms with Gasteiger partial charge in [0.2, 0.25) is 5.95 Å². The number of para-hydroxylation sites is 1. The second-order valence-corrected chi connectivity index (χ2v) is 8.74. The molecule has 7 nitrogen and oxygen atoms in total. The molecule has 2 unspecified atom stereocenters. The Labute approximate surface area is 175 Å². The largest absolute Gasteiger partial charge is 0.494 e. The van der Waals surface area contributed by atoms with Crippen LogP contribution in [0.3, 0.4) is 0 Å². The van der Waals surface area contributed by atoms with Gasteiger partial charge < -0.3 is 16.2 Å². The maximum Gasteiger partial charge on any atom is 0.223 e. The summed E-state index contributed by atoms with van der Waals surface area (Å²) in [5, 5.41) is 5.52. The lowest BCUT2D eigenvalue weighted by Crippen LogP contribution is -2.28. The first kappa shape index (κ1) is 18.8. The van der Waals surface area contributed by atoms with Gasteiger partial charge in [-0.25, -0.2) is 9.97 Å². The van der Waals surface area contributed by atoms with Crippen LogP contribution in [0.4, 0.5) is 5.95 Å². The number of fused-ring (bicyclic) bond motifs is 3. The number of nitrogen functional groups attached to an aromatic ring is 1. The predicted molar refractivity (Wildman–Crippen MR) is 117 cm³/mol. The van der Waals surface area contributed by atoms with E-state index in [1.54, 1.807) is 11.6 Å². The molecule has 5 rings (SSSR count). The third-order valence-electron chi connectivity index (χ3n) is 6.00. The first-order valence-electron chi connectivity index (χ1n) is 10.2. The van der Waals surface area contributed by atoms with Gasteiger partial charge in [0.1, 0.15) is 11.3 Å². The number of hydrogen-bond acceptors (Lipinski definition) is 6. The first-order valence-corrected chi connectivity index (χ1v) is 10.2. The number of anilines is 1. The average molecular weight is 403 g/mol. The molecule has 0 bridgehead atoms. The van der Waals surface area contributed by atoms with Crippen LogP contribution in [0, 0.1) is 5.92 Å². The average Bonchev–Trinajstić information content (AvgIpc) is 3.34. The highest BCUT2D eigenvalue weighted by Gasteiger charge is 2.39. The molecule has 0 radical (unpaired) electrons. The highest BCUT2D eigenvalue weighted by atomic mass is 16.5. The number of nitrogens with two attached hydrogens (primary N) is 2. The summed E-state index contributed by atoms with van der Waals surface area (Å²) in [7, 11) is 1.63. The van der Waals surface area contributed by atoms with Gasteiger partial charge in [-0.05, 0) is 55.4 Å². The molecule has 0 amide bonds. The molecule has 30 heavy (non-hydrogen) atoms. The fourth-order valence-electron chi connectivity index (χ4n) is 4.20. The number of methoxy groups -OCH3 is 1. The van der Waals surface area contributed by atoms with Crippen LogP contribution in [0.25, 0.3) is 16.6 Å². The third kappa shape index (κ3) is 3.15. The Morgan fingerprint density at radius 2 is 1.90 bits per heavy atom. The van der Waals surface area contributed by atoms with Crippen LogP contribution in [0.15, 0.2) is 42.5 Å². The Morgan fingerprint density at radius 3 is 2.60 bits per heavy atom. The molecule has 4 aromatic rings. The molecule has 2 aromatic carbocycles. The van der Waals surface area contributed by atoms with Gasteiger partial charge in [-0.2, -0.15) is 4.52 Å². The van der Waals surface area contributed by atoms with E-state index < -0.39 is 0 Å². The Bertz CT molecular complexity index is 1240. The van der Waals surface area contributed by atoms with Crippen LogP contribution >= 0.6 is 0 Å². The molecule has 1 aliphatic rings. The Kier molecular flexibility index (Phi) is 4.18. The van der Waals surface area contributed by atoms with Crippen LogP contribution < -0.4 is 16.2 Å². The van der Waals surface area contributed by atoms with E-state index in [4.69, 9.17) is 21.2 Å². The zero-order chi connectivity index (χ0) is 21.0. The number of benzene rings is 2. The summed E-state index contributed by atoms with van der Waals surface area (Å²) >= 11 is 0. The van der Waals surface area contributed by atoms with Crippen molar-refractivity contribution in [3.8, 4) is 5.75 Å². The van der Waals surface area contributed by atoms with Crippen molar-refractivity contribution < 1.29 is 4.74 Å². The third-order valence-corrected chi connectivity index (χ3v) is 6.00. The van der Waals surface area contributed by atoms with E-state index in [2.05, 4.69) is 34.3 Å². The fraction of sp³-hybridized carbons (Fsp3) is 0.348. The van der Waals surface area contributed by atoms with Gasteiger partial charge >= 0.3 is 0 Å². The maximum absolute atomic E-state index is 6.19. The van der Waals surface area contributed by atoms with E-state index in [0.29, 0.717) is 29.1 Å². The van der Waals surface area contributed by atoms with Gasteiger partial charge in [0, 0.05) is 17.3 Å². The van der Waals surface area contributed by atoms with Crippen molar-refractivity contribution in [1.29, 1.82) is 0 Å². The number of ether oxygens (including phenoxy) is 1. The lowest BCUT2D eigenvalue weighted by molar-refractivity contribution is 0.419. The Balaban J connectivity index is 1.40. The number of nitrogens with zero attached hydrogens (tertiary/aromatic N) is 4. The normalized spacial score (nSPS) is 18.8. The molecule has 1 aliphatic carbocycles. The summed E-state index contributed by atoms with van der Waals surface area (Å²) in [5.74, 6) is 2.87. The fourth-order valence-corrected chi connectivity index (χ4v) is 4.20. The highest BCUT2D eigenvalue weighted by molar-refractivity contribution is 5.95. The molecule has 7 heteroatoms. The molecule has 0 aliphatic heterocycles. The molecule has 0 saturated heterocycles. The van der Waals surface area contributed by atoms with Crippen LogP contribution in [-0.4, -0.2) is 26.7 Å². The molecule has 1 fully saturated rings. The molecular formula is C23H26N6O. The van der Waals surface area contributed by atoms with E-state index in [0.717, 1.165) is 35.3 Å². The molecule has 1 saturated carbocycles. The van der Waals surface area contributed by atoms with Gasteiger partial charge in [0.25, 0.3) is 0 Å². The topological polar surface area (TPSA) is 104 Å². The number of aromatic nitrogens is 4. The lowest BCUT2D eigenvalue weighted by atomic mass is 9.94. The van der Waals surface area contributed by atoms with E-state index in [-0.39, 0.29) is 5.54 Å². The van der Waals surface area contributed by atoms with E-state index in [1.165, 1.54) is 5.56 Å². The second kappa shape index (κ2) is 6.67. The van der Waals surface area contributed by atoms with Crippen LogP contribution in [0.2, 0.25) is 0 Å². The van der Waals surface area contributed by atoms with Crippen molar-refractivity contribution in [2.24, 2.45) is 11.7 Å². The van der Waals surface area contributed by atoms with Gasteiger partial charge in [-0.15, -0.1) is 5.10 Å². The van der Waals surface area contributed by atoms with Crippen molar-refractivity contribution in [3.05, 3.63) is 59.4 Å². The second-order valence-electron chi connectivity index (χ2n) is 8.74. The molecule has 0 spiro atoms. The van der Waals surface area contributed by atoms with Crippen molar-refractivity contribution in [2.75, 3.05) is 12.8 Å². The van der Waals surface area contributed by atoms with Crippen LogP contribution in [0.1, 0.15) is 43.1 Å². The van der Waals surface area contributed by atoms with Gasteiger partial charge in [0.15, 0.2) is 11.5 Å². The summed E-state index contributed by atoms with van der Waals surface area (Å²) in [6.07, 6.45) is 1.96. The minimum Gasteiger partial charge on any atom is -0.494 e. The first-order chi connectivity index (χ1) is 14.3. The number of hydrogen-bond donors (Lipinski definition) is 2. The van der Waals surface area contributed by atoms with Gasteiger partial charge in [0.05, 0.1) is 7.11 Å². The lowest BCUT2D eigenvalue weighted by Gasteiger charge is -2.19. The zero-order valence-electron chi connectivity index (χ0n) is 17.5. The summed E-state index contributed by atoms with van der Waals surface area (Å²) in [4.78, 5) is 9.27. The number of rotatable bonds is 5. The predicted octanol–water partition coefficient (Wildman–Crippen LogP) is 3.41. The van der Waals surface area contributed by atoms with Crippen LogP contribution in [-0.2, 0) is 12.0 Å². The van der Waals surface area contributed by atoms with Crippen molar-refractivity contribution >= 4 is 22.5 Å². The standard InChI is InChI=1S/C23H26N6O/c1-23(2,25)15-9-7-13(8-10-15)17-11-14(17)12-19-26-21-16-5-4-6-18(30-3)20(16)27-22(24)29(21)28-19/h4-10,14,17H,11-12,25H2,1-3H3,(H2,24,27). The highest BCUT2D eigenvalue weighted by Crippen LogP contribution is 2.49. The van der Waals surface area contributed by atoms with Crippen molar-refractivity contribution in [3.63, 3.8) is 0 Å². The molecular weight excluding hydrogens is 376 g/mol. The van der Waals surface area contributed by atoms with Crippen LogP contribution in [0.5, 0.6) is 5.75 Å². The van der Waals surface area contributed by atoms with Gasteiger partial charge in [-0.1, -0.05) is 30.3 Å². The molecule has 2 atom stereocenters. The monoisotopic (exact) mass is 402 g/mol. The SMILES string of the molecule is COc1cccc2c1nc(N)n1nc(CC3CC3c3ccc(C(C)(C)N)cc3)nc21. The smallest absolute Gasteiger partial charge is 0.223 e. The van der Waals surface area contributed by atoms with E-state index in [9.17, 15) is 0 Å². The van der Waals surface area contributed by atoms with Crippen molar-refractivity contribution in [2.45, 2.75) is 38.1 Å².